The number of rotatable bonds is 9. The molecule has 0 aliphatic rings. The van der Waals surface area contributed by atoms with E-state index in [9.17, 15) is 14.4 Å². The predicted molar refractivity (Wildman–Crippen MR) is 117 cm³/mol. The molecule has 156 valence electrons. The summed E-state index contributed by atoms with van der Waals surface area (Å²) < 4.78 is 7.86. The number of para-hydroxylation sites is 2. The molecule has 1 heterocycles. The lowest BCUT2D eigenvalue weighted by atomic mass is 10.1. The maximum Gasteiger partial charge on any atom is 0.317 e. The van der Waals surface area contributed by atoms with E-state index < -0.39 is 11.1 Å². The van der Waals surface area contributed by atoms with Crippen molar-refractivity contribution in [2.24, 2.45) is 0 Å². The van der Waals surface area contributed by atoms with E-state index in [1.54, 1.807) is 37.5 Å². The van der Waals surface area contributed by atoms with Crippen molar-refractivity contribution in [2.45, 2.75) is 19.5 Å². The second-order valence-electron chi connectivity index (χ2n) is 6.88. The van der Waals surface area contributed by atoms with Crippen LogP contribution in [0.5, 0.6) is 0 Å². The van der Waals surface area contributed by atoms with Crippen LogP contribution in [0.4, 0.5) is 0 Å². The molecular formula is C23H25N3O4. The van der Waals surface area contributed by atoms with Crippen molar-refractivity contribution in [1.29, 1.82) is 0 Å². The van der Waals surface area contributed by atoms with Gasteiger partial charge in [0.05, 0.1) is 17.6 Å². The Bertz CT molecular complexity index is 1160. The smallest absolute Gasteiger partial charge is 0.317 e. The Morgan fingerprint density at radius 3 is 2.30 bits per heavy atom. The number of hydrogen-bond acceptors (Lipinski definition) is 4. The van der Waals surface area contributed by atoms with Crippen LogP contribution in [0.3, 0.4) is 0 Å². The number of methoxy groups -OCH3 is 1. The van der Waals surface area contributed by atoms with Crippen LogP contribution in [0.2, 0.25) is 0 Å². The van der Waals surface area contributed by atoms with Gasteiger partial charge in [0.2, 0.25) is 0 Å². The van der Waals surface area contributed by atoms with Gasteiger partial charge in [0.15, 0.2) is 0 Å². The molecular weight excluding hydrogens is 382 g/mol. The Kier molecular flexibility index (Phi) is 6.98. The number of carbonyl (C=O) groups is 1. The number of aromatic nitrogens is 2. The molecule has 0 atom stereocenters. The zero-order valence-electron chi connectivity index (χ0n) is 17.0. The van der Waals surface area contributed by atoms with Crippen molar-refractivity contribution >= 4 is 16.9 Å². The number of carbonyl (C=O) groups excluding carboxylic acids is 1. The Balaban J connectivity index is 1.87. The first-order valence-corrected chi connectivity index (χ1v) is 9.76. The molecule has 0 aliphatic carbocycles. The molecule has 30 heavy (non-hydrogen) atoms. The molecule has 0 fully saturated rings. The molecule has 1 amide bonds. The first kappa shape index (κ1) is 21.3. The van der Waals surface area contributed by atoms with Gasteiger partial charge in [-0.15, -0.1) is 6.58 Å². The maximum atomic E-state index is 12.8. The molecule has 0 saturated carbocycles. The third-order valence-electron chi connectivity index (χ3n) is 4.82. The monoisotopic (exact) mass is 407 g/mol. The topological polar surface area (TPSA) is 82.3 Å². The van der Waals surface area contributed by atoms with Crippen LogP contribution in [0.1, 0.15) is 22.3 Å². The number of nitrogens with zero attached hydrogens (tertiary/aromatic N) is 2. The predicted octanol–water partition coefficient (Wildman–Crippen LogP) is 2.16. The Morgan fingerprint density at radius 2 is 1.67 bits per heavy atom. The summed E-state index contributed by atoms with van der Waals surface area (Å²) in [5.74, 6) is -0.160. The highest BCUT2D eigenvalue weighted by atomic mass is 16.5. The minimum Gasteiger partial charge on any atom is -0.385 e. The molecule has 0 radical (unpaired) electrons. The lowest BCUT2D eigenvalue weighted by molar-refractivity contribution is 0.0948. The summed E-state index contributed by atoms with van der Waals surface area (Å²) >= 11 is 0. The Hall–Kier alpha value is -3.45. The maximum absolute atomic E-state index is 12.8. The van der Waals surface area contributed by atoms with E-state index >= 15 is 0 Å². The number of nitrogens with one attached hydrogen (secondary N) is 1. The second-order valence-corrected chi connectivity index (χ2v) is 6.88. The lowest BCUT2D eigenvalue weighted by Crippen LogP contribution is -2.41. The molecule has 0 bridgehead atoms. The SMILES string of the molecule is C=CCn1c(=O)c(=O)n(Cc2ccc(C(=O)NCCCOC)cc2)c2ccccc21. The van der Waals surface area contributed by atoms with Crippen LogP contribution in [-0.2, 0) is 17.8 Å². The second kappa shape index (κ2) is 9.84. The van der Waals surface area contributed by atoms with Gasteiger partial charge in [-0.3, -0.25) is 23.5 Å². The van der Waals surface area contributed by atoms with Crippen LogP contribution in [0, 0.1) is 0 Å². The Labute approximate surface area is 174 Å². The molecule has 0 aliphatic heterocycles. The molecule has 1 aromatic heterocycles. The van der Waals surface area contributed by atoms with E-state index in [2.05, 4.69) is 11.9 Å². The number of allylic oxidation sites excluding steroid dienone is 1. The number of amides is 1. The minimum absolute atomic E-state index is 0.160. The lowest BCUT2D eigenvalue weighted by Gasteiger charge is -2.14. The zero-order chi connectivity index (χ0) is 21.5. The molecule has 0 saturated heterocycles. The standard InChI is InChI=1S/C23H25N3O4/c1-3-14-25-19-7-4-5-8-20(19)26(23(29)22(25)28)16-17-9-11-18(12-10-17)21(27)24-13-6-15-30-2/h3-5,7-12H,1,6,13-16H2,2H3,(H,24,27). The molecule has 3 rings (SSSR count). The number of hydrogen-bond donors (Lipinski definition) is 1. The van der Waals surface area contributed by atoms with E-state index in [1.165, 1.54) is 9.13 Å². The fourth-order valence-corrected chi connectivity index (χ4v) is 3.30. The van der Waals surface area contributed by atoms with Crippen molar-refractivity contribution < 1.29 is 9.53 Å². The van der Waals surface area contributed by atoms with Gasteiger partial charge in [0, 0.05) is 32.4 Å². The van der Waals surface area contributed by atoms with Crippen LogP contribution >= 0.6 is 0 Å². The van der Waals surface area contributed by atoms with Gasteiger partial charge in [0.1, 0.15) is 0 Å². The van der Waals surface area contributed by atoms with Gasteiger partial charge in [-0.05, 0) is 36.2 Å². The summed E-state index contributed by atoms with van der Waals surface area (Å²) in [4.78, 5) is 37.5. The summed E-state index contributed by atoms with van der Waals surface area (Å²) in [6.07, 6.45) is 2.34. The molecule has 1 N–H and O–H groups in total. The first-order chi connectivity index (χ1) is 14.6. The number of benzene rings is 2. The van der Waals surface area contributed by atoms with Crippen molar-refractivity contribution in [3.63, 3.8) is 0 Å². The fraction of sp³-hybridized carbons (Fsp3) is 0.261. The van der Waals surface area contributed by atoms with Gasteiger partial charge < -0.3 is 10.1 Å². The highest BCUT2D eigenvalue weighted by molar-refractivity contribution is 5.94. The van der Waals surface area contributed by atoms with Gasteiger partial charge in [-0.2, -0.15) is 0 Å². The van der Waals surface area contributed by atoms with Crippen molar-refractivity contribution in [1.82, 2.24) is 14.5 Å². The molecule has 0 spiro atoms. The average molecular weight is 407 g/mol. The highest BCUT2D eigenvalue weighted by Crippen LogP contribution is 2.13. The van der Waals surface area contributed by atoms with E-state index in [0.29, 0.717) is 29.7 Å². The van der Waals surface area contributed by atoms with Gasteiger partial charge in [-0.1, -0.05) is 30.3 Å². The minimum atomic E-state index is -0.587. The quantitative estimate of drug-likeness (QED) is 0.335. The molecule has 7 nitrogen and oxygen atoms in total. The third kappa shape index (κ3) is 4.58. The first-order valence-electron chi connectivity index (χ1n) is 9.76. The summed E-state index contributed by atoms with van der Waals surface area (Å²) in [5.41, 5.74) is 1.53. The zero-order valence-corrected chi connectivity index (χ0v) is 17.0. The van der Waals surface area contributed by atoms with Crippen LogP contribution < -0.4 is 16.4 Å². The fourth-order valence-electron chi connectivity index (χ4n) is 3.30. The average Bonchev–Trinajstić information content (AvgIpc) is 2.77. The largest absolute Gasteiger partial charge is 0.385 e. The summed E-state index contributed by atoms with van der Waals surface area (Å²) in [7, 11) is 1.62. The van der Waals surface area contributed by atoms with E-state index in [1.807, 2.05) is 24.3 Å². The van der Waals surface area contributed by atoms with Gasteiger partial charge >= 0.3 is 11.1 Å². The third-order valence-corrected chi connectivity index (χ3v) is 4.82. The van der Waals surface area contributed by atoms with E-state index in [4.69, 9.17) is 4.74 Å². The van der Waals surface area contributed by atoms with Gasteiger partial charge in [-0.25, -0.2) is 0 Å². The van der Waals surface area contributed by atoms with Crippen LogP contribution in [0.15, 0.2) is 70.8 Å². The number of fused-ring (bicyclic) bond motifs is 1. The summed E-state index contributed by atoms with van der Waals surface area (Å²) in [6.45, 7) is 5.30. The van der Waals surface area contributed by atoms with E-state index in [-0.39, 0.29) is 19.0 Å². The molecule has 2 aromatic carbocycles. The van der Waals surface area contributed by atoms with E-state index in [0.717, 1.165) is 12.0 Å². The molecule has 0 unspecified atom stereocenters. The summed E-state index contributed by atoms with van der Waals surface area (Å²) in [5, 5.41) is 2.84. The molecule has 3 aromatic rings. The van der Waals surface area contributed by atoms with Crippen LogP contribution in [-0.4, -0.2) is 35.3 Å². The van der Waals surface area contributed by atoms with Gasteiger partial charge in [0.25, 0.3) is 5.91 Å². The number of ether oxygens (including phenoxy) is 1. The highest BCUT2D eigenvalue weighted by Gasteiger charge is 2.13. The van der Waals surface area contributed by atoms with Crippen molar-refractivity contribution in [3.8, 4) is 0 Å². The molecule has 7 heteroatoms. The van der Waals surface area contributed by atoms with Crippen molar-refractivity contribution in [2.75, 3.05) is 20.3 Å². The normalized spacial score (nSPS) is 10.8. The van der Waals surface area contributed by atoms with Crippen molar-refractivity contribution in [3.05, 3.63) is 93.0 Å². The summed E-state index contributed by atoms with van der Waals surface area (Å²) in [6, 6.07) is 14.3. The Morgan fingerprint density at radius 1 is 1.03 bits per heavy atom. The van der Waals surface area contributed by atoms with Crippen LogP contribution in [0.25, 0.3) is 11.0 Å².